The van der Waals surface area contributed by atoms with Gasteiger partial charge in [0.2, 0.25) is 0 Å². The second-order valence-electron chi connectivity index (χ2n) is 9.52. The number of carboxylic acids is 2. The van der Waals surface area contributed by atoms with Gasteiger partial charge in [-0.25, -0.2) is 9.59 Å². The third kappa shape index (κ3) is 5.35. The Labute approximate surface area is 230 Å². The summed E-state index contributed by atoms with van der Waals surface area (Å²) in [5.41, 5.74) is 5.24. The van der Waals surface area contributed by atoms with Crippen molar-refractivity contribution >= 4 is 28.6 Å². The number of ether oxygens (including phenoxy) is 1. The van der Waals surface area contributed by atoms with E-state index in [0.717, 1.165) is 22.1 Å². The fourth-order valence-corrected chi connectivity index (χ4v) is 4.96. The topological polar surface area (TPSA) is 117 Å². The number of aryl methyl sites for hydroxylation is 2. The zero-order valence-electron chi connectivity index (χ0n) is 21.8. The normalized spacial score (nSPS) is 10.9. The van der Waals surface area contributed by atoms with Crippen molar-refractivity contribution in [3.05, 3.63) is 125 Å². The smallest absolute Gasteiger partial charge is 0.352 e. The molecular formula is C33H27NO6. The Kier molecular flexibility index (Phi) is 7.46. The highest BCUT2D eigenvalue weighted by Crippen LogP contribution is 2.34. The van der Waals surface area contributed by atoms with Crippen LogP contribution in [-0.2, 0) is 6.42 Å². The van der Waals surface area contributed by atoms with E-state index < -0.39 is 11.9 Å². The lowest BCUT2D eigenvalue weighted by atomic mass is 9.95. The highest BCUT2D eigenvalue weighted by atomic mass is 16.5. The first-order valence-electron chi connectivity index (χ1n) is 12.9. The summed E-state index contributed by atoms with van der Waals surface area (Å²) in [6.07, 6.45) is 1.02. The minimum atomic E-state index is -1.05. The standard InChI is InChI=1S/C33H27NO6/c1-20-18-23(32(36)37)15-16-25(20)26-12-6-13-27-28(30(33(38)39)34-29(26)27)14-7-17-40-24-11-5-10-22(19-24)31(35)21-8-3-2-4-9-21/h2-6,8-13,15-16,18-19,34H,7,14,17H2,1H3,(H,36,37)(H,38,39). The molecule has 7 nitrogen and oxygen atoms in total. The third-order valence-electron chi connectivity index (χ3n) is 6.89. The van der Waals surface area contributed by atoms with Gasteiger partial charge >= 0.3 is 11.9 Å². The molecule has 0 saturated heterocycles. The minimum absolute atomic E-state index is 0.0837. The Morgan fingerprint density at radius 1 is 0.750 bits per heavy atom. The minimum Gasteiger partial charge on any atom is -0.494 e. The summed E-state index contributed by atoms with van der Waals surface area (Å²) in [5, 5.41) is 20.0. The molecule has 4 aromatic carbocycles. The van der Waals surface area contributed by atoms with Gasteiger partial charge in [0.15, 0.2) is 5.78 Å². The summed E-state index contributed by atoms with van der Waals surface area (Å²) in [6.45, 7) is 2.17. The molecule has 0 amide bonds. The van der Waals surface area contributed by atoms with Crippen molar-refractivity contribution in [2.45, 2.75) is 19.8 Å². The molecule has 0 unspecified atom stereocenters. The predicted molar refractivity (Wildman–Crippen MR) is 153 cm³/mol. The molecule has 0 aliphatic rings. The van der Waals surface area contributed by atoms with Gasteiger partial charge < -0.3 is 19.9 Å². The van der Waals surface area contributed by atoms with Crippen LogP contribution in [0.1, 0.15) is 54.3 Å². The largest absolute Gasteiger partial charge is 0.494 e. The summed E-state index contributed by atoms with van der Waals surface area (Å²) in [6, 6.07) is 26.6. The van der Waals surface area contributed by atoms with Crippen LogP contribution in [-0.4, -0.2) is 39.5 Å². The average molecular weight is 534 g/mol. The van der Waals surface area contributed by atoms with E-state index in [1.54, 1.807) is 54.6 Å². The zero-order chi connectivity index (χ0) is 28.2. The molecule has 40 heavy (non-hydrogen) atoms. The zero-order valence-corrected chi connectivity index (χ0v) is 21.8. The van der Waals surface area contributed by atoms with E-state index in [0.29, 0.717) is 47.4 Å². The molecule has 0 aliphatic carbocycles. The number of carbonyl (C=O) groups excluding carboxylic acids is 1. The van der Waals surface area contributed by atoms with Crippen molar-refractivity contribution in [2.75, 3.05) is 6.61 Å². The van der Waals surface area contributed by atoms with Crippen LogP contribution in [0.3, 0.4) is 0 Å². The number of carbonyl (C=O) groups is 3. The Hall–Kier alpha value is -5.17. The predicted octanol–water partition coefficient (Wildman–Crippen LogP) is 6.78. The molecular weight excluding hydrogens is 506 g/mol. The summed E-state index contributed by atoms with van der Waals surface area (Å²) < 4.78 is 5.92. The van der Waals surface area contributed by atoms with Crippen molar-refractivity contribution in [1.82, 2.24) is 4.98 Å². The summed E-state index contributed by atoms with van der Waals surface area (Å²) in [7, 11) is 0. The maximum atomic E-state index is 12.8. The Morgan fingerprint density at radius 3 is 2.23 bits per heavy atom. The van der Waals surface area contributed by atoms with Gasteiger partial charge in [-0.05, 0) is 60.7 Å². The lowest BCUT2D eigenvalue weighted by molar-refractivity contribution is 0.0682. The number of nitrogens with one attached hydrogen (secondary N) is 1. The van der Waals surface area contributed by atoms with E-state index in [4.69, 9.17) is 4.74 Å². The van der Waals surface area contributed by atoms with Crippen LogP contribution < -0.4 is 4.74 Å². The molecule has 7 heteroatoms. The molecule has 0 fully saturated rings. The van der Waals surface area contributed by atoms with Crippen LogP contribution in [0, 0.1) is 6.92 Å². The molecule has 0 saturated carbocycles. The van der Waals surface area contributed by atoms with Gasteiger partial charge in [0.1, 0.15) is 11.4 Å². The SMILES string of the molecule is Cc1cc(C(=O)O)ccc1-c1cccc2c(CCCOc3cccc(C(=O)c4ccccc4)c3)c(C(=O)O)[nH]c12. The van der Waals surface area contributed by atoms with E-state index in [1.807, 2.05) is 43.3 Å². The maximum Gasteiger partial charge on any atom is 0.352 e. The van der Waals surface area contributed by atoms with Gasteiger partial charge in [-0.1, -0.05) is 66.7 Å². The number of aromatic carboxylic acids is 2. The van der Waals surface area contributed by atoms with Gasteiger partial charge in [0.25, 0.3) is 0 Å². The van der Waals surface area contributed by atoms with Gasteiger partial charge in [-0.15, -0.1) is 0 Å². The van der Waals surface area contributed by atoms with Gasteiger partial charge in [0, 0.05) is 22.1 Å². The number of fused-ring (bicyclic) bond motifs is 1. The number of hydrogen-bond donors (Lipinski definition) is 3. The number of aromatic nitrogens is 1. The fraction of sp³-hybridized carbons (Fsp3) is 0.121. The van der Waals surface area contributed by atoms with Crippen molar-refractivity contribution in [3.63, 3.8) is 0 Å². The van der Waals surface area contributed by atoms with Gasteiger partial charge in [-0.3, -0.25) is 4.79 Å². The van der Waals surface area contributed by atoms with Crippen LogP contribution in [0.15, 0.2) is 91.0 Å². The second kappa shape index (κ2) is 11.3. The number of benzene rings is 4. The first-order chi connectivity index (χ1) is 19.3. The van der Waals surface area contributed by atoms with Gasteiger partial charge in [0.05, 0.1) is 17.7 Å². The monoisotopic (exact) mass is 533 g/mol. The maximum absolute atomic E-state index is 12.8. The van der Waals surface area contributed by atoms with Crippen molar-refractivity contribution in [1.29, 1.82) is 0 Å². The van der Waals surface area contributed by atoms with Crippen LogP contribution >= 0.6 is 0 Å². The van der Waals surface area contributed by atoms with Crippen molar-refractivity contribution in [2.24, 2.45) is 0 Å². The number of hydrogen-bond acceptors (Lipinski definition) is 4. The molecule has 1 aromatic heterocycles. The average Bonchev–Trinajstić information content (AvgIpc) is 3.35. The van der Waals surface area contributed by atoms with Crippen LogP contribution in [0.25, 0.3) is 22.0 Å². The highest BCUT2D eigenvalue weighted by molar-refractivity contribution is 6.09. The lowest BCUT2D eigenvalue weighted by Crippen LogP contribution is -2.05. The molecule has 0 aliphatic heterocycles. The molecule has 5 rings (SSSR count). The molecule has 0 atom stereocenters. The molecule has 200 valence electrons. The molecule has 0 spiro atoms. The van der Waals surface area contributed by atoms with Gasteiger partial charge in [-0.2, -0.15) is 0 Å². The lowest BCUT2D eigenvalue weighted by Gasteiger charge is -2.10. The Morgan fingerprint density at radius 2 is 1.50 bits per heavy atom. The summed E-state index contributed by atoms with van der Waals surface area (Å²) in [4.78, 5) is 39.4. The van der Waals surface area contributed by atoms with Crippen molar-refractivity contribution < 1.29 is 29.3 Å². The van der Waals surface area contributed by atoms with Crippen LogP contribution in [0.4, 0.5) is 0 Å². The summed E-state index contributed by atoms with van der Waals surface area (Å²) in [5.74, 6) is -1.57. The van der Waals surface area contributed by atoms with Crippen molar-refractivity contribution in [3.8, 4) is 16.9 Å². The summed E-state index contributed by atoms with van der Waals surface area (Å²) >= 11 is 0. The Balaban J connectivity index is 1.34. The molecule has 5 aromatic rings. The number of aromatic amines is 1. The first kappa shape index (κ1) is 26.4. The number of H-pyrrole nitrogens is 1. The number of carboxylic acid groups (broad SMARTS) is 2. The first-order valence-corrected chi connectivity index (χ1v) is 12.9. The number of rotatable bonds is 10. The molecule has 1 heterocycles. The highest BCUT2D eigenvalue weighted by Gasteiger charge is 2.20. The van der Waals surface area contributed by atoms with E-state index in [-0.39, 0.29) is 17.0 Å². The fourth-order valence-electron chi connectivity index (χ4n) is 4.96. The third-order valence-corrected chi connectivity index (χ3v) is 6.89. The molecule has 3 N–H and O–H groups in total. The van der Waals surface area contributed by atoms with Crippen LogP contribution in [0.2, 0.25) is 0 Å². The second-order valence-corrected chi connectivity index (χ2v) is 9.52. The van der Waals surface area contributed by atoms with E-state index in [2.05, 4.69) is 4.98 Å². The van der Waals surface area contributed by atoms with E-state index in [1.165, 1.54) is 0 Å². The number of para-hydroxylation sites is 1. The molecule has 0 radical (unpaired) electrons. The quantitative estimate of drug-likeness (QED) is 0.135. The number of ketones is 1. The van der Waals surface area contributed by atoms with Crippen LogP contribution in [0.5, 0.6) is 5.75 Å². The van der Waals surface area contributed by atoms with E-state index in [9.17, 15) is 24.6 Å². The molecule has 0 bridgehead atoms. The Bertz CT molecular complexity index is 1740. The van der Waals surface area contributed by atoms with E-state index >= 15 is 0 Å².